The third-order valence-corrected chi connectivity index (χ3v) is 5.63. The van der Waals surface area contributed by atoms with Gasteiger partial charge < -0.3 is 5.32 Å². The molecule has 0 aromatic heterocycles. The monoisotopic (exact) mass is 287 g/mol. The van der Waals surface area contributed by atoms with Gasteiger partial charge in [0.25, 0.3) is 0 Å². The number of hydrogen-bond acceptors (Lipinski definition) is 3. The Balaban J connectivity index is 1.82. The van der Waals surface area contributed by atoms with E-state index in [-0.39, 0.29) is 11.8 Å². The van der Waals surface area contributed by atoms with E-state index in [9.17, 15) is 8.42 Å². The first-order chi connectivity index (χ1) is 9.58. The van der Waals surface area contributed by atoms with E-state index in [0.717, 1.165) is 5.56 Å². The van der Waals surface area contributed by atoms with Crippen LogP contribution in [0.15, 0.2) is 53.4 Å². The van der Waals surface area contributed by atoms with Crippen LogP contribution in [0, 0.1) is 6.92 Å². The van der Waals surface area contributed by atoms with Crippen LogP contribution in [0.1, 0.15) is 22.7 Å². The molecule has 4 heteroatoms. The summed E-state index contributed by atoms with van der Waals surface area (Å²) in [5.74, 6) is 0.151. The number of fused-ring (bicyclic) bond motifs is 1. The summed E-state index contributed by atoms with van der Waals surface area (Å²) in [6.45, 7) is 2.75. The lowest BCUT2D eigenvalue weighted by molar-refractivity contribution is 0.565. The van der Waals surface area contributed by atoms with Gasteiger partial charge in [-0.05, 0) is 29.7 Å². The Bertz CT molecular complexity index is 738. The van der Waals surface area contributed by atoms with Crippen LogP contribution >= 0.6 is 0 Å². The second kappa shape index (κ2) is 5.04. The van der Waals surface area contributed by atoms with Crippen LogP contribution in [0.3, 0.4) is 0 Å². The molecule has 2 aromatic carbocycles. The molecule has 0 bridgehead atoms. The summed E-state index contributed by atoms with van der Waals surface area (Å²) in [6, 6.07) is 15.3. The van der Waals surface area contributed by atoms with E-state index in [4.69, 9.17) is 0 Å². The highest BCUT2D eigenvalue weighted by Crippen LogP contribution is 2.33. The summed E-state index contributed by atoms with van der Waals surface area (Å²) in [6.07, 6.45) is 0. The van der Waals surface area contributed by atoms with Crippen LogP contribution in [-0.2, 0) is 16.4 Å². The lowest BCUT2D eigenvalue weighted by Crippen LogP contribution is -2.22. The van der Waals surface area contributed by atoms with Crippen LogP contribution in [0.25, 0.3) is 0 Å². The SMILES string of the molecule is Cc1ccccc1CNC1CS(=O)(=O)c2ccccc21. The van der Waals surface area contributed by atoms with Gasteiger partial charge in [-0.15, -0.1) is 0 Å². The molecule has 1 atom stereocenters. The quantitative estimate of drug-likeness (QED) is 0.944. The third kappa shape index (κ3) is 2.37. The Hall–Kier alpha value is -1.65. The van der Waals surface area contributed by atoms with E-state index in [2.05, 4.69) is 24.4 Å². The number of rotatable bonds is 3. The van der Waals surface area contributed by atoms with Crippen LogP contribution in [0.2, 0.25) is 0 Å². The summed E-state index contributed by atoms with van der Waals surface area (Å²) >= 11 is 0. The highest BCUT2D eigenvalue weighted by atomic mass is 32.2. The molecule has 104 valence electrons. The lowest BCUT2D eigenvalue weighted by Gasteiger charge is -2.13. The van der Waals surface area contributed by atoms with Gasteiger partial charge in [0, 0.05) is 12.6 Å². The minimum Gasteiger partial charge on any atom is -0.305 e. The molecule has 1 N–H and O–H groups in total. The third-order valence-electron chi connectivity index (χ3n) is 3.82. The van der Waals surface area contributed by atoms with E-state index < -0.39 is 9.84 Å². The van der Waals surface area contributed by atoms with Crippen LogP contribution in [0.4, 0.5) is 0 Å². The Morgan fingerprint density at radius 1 is 1.10 bits per heavy atom. The smallest absolute Gasteiger partial charge is 0.180 e. The maximum atomic E-state index is 12.1. The second-order valence-corrected chi connectivity index (χ2v) is 7.18. The maximum absolute atomic E-state index is 12.1. The van der Waals surface area contributed by atoms with Gasteiger partial charge in [-0.1, -0.05) is 42.5 Å². The van der Waals surface area contributed by atoms with Gasteiger partial charge in [-0.25, -0.2) is 8.42 Å². The highest BCUT2D eigenvalue weighted by Gasteiger charge is 2.33. The largest absolute Gasteiger partial charge is 0.305 e. The van der Waals surface area contributed by atoms with Crippen molar-refractivity contribution >= 4 is 9.84 Å². The van der Waals surface area contributed by atoms with Gasteiger partial charge >= 0.3 is 0 Å². The van der Waals surface area contributed by atoms with E-state index >= 15 is 0 Å². The van der Waals surface area contributed by atoms with Crippen LogP contribution < -0.4 is 5.32 Å². The molecule has 3 nitrogen and oxygen atoms in total. The van der Waals surface area contributed by atoms with Gasteiger partial charge in [-0.2, -0.15) is 0 Å². The van der Waals surface area contributed by atoms with Gasteiger partial charge in [-0.3, -0.25) is 0 Å². The standard InChI is InChI=1S/C16H17NO2S/c1-12-6-2-3-7-13(12)10-17-15-11-20(18,19)16-9-5-4-8-14(15)16/h2-9,15,17H,10-11H2,1H3. The molecule has 0 spiro atoms. The normalized spacial score (nSPS) is 19.8. The minimum absolute atomic E-state index is 0.115. The Kier molecular flexibility index (Phi) is 3.36. The molecule has 20 heavy (non-hydrogen) atoms. The Morgan fingerprint density at radius 3 is 2.60 bits per heavy atom. The van der Waals surface area contributed by atoms with Crippen molar-refractivity contribution in [2.45, 2.75) is 24.4 Å². The fraction of sp³-hybridized carbons (Fsp3) is 0.250. The van der Waals surface area contributed by atoms with Gasteiger partial charge in [0.05, 0.1) is 10.6 Å². The molecule has 1 aliphatic rings. The molecule has 0 aliphatic carbocycles. The first kappa shape index (κ1) is 13.3. The average molecular weight is 287 g/mol. The summed E-state index contributed by atoms with van der Waals surface area (Å²) in [5.41, 5.74) is 3.31. The van der Waals surface area contributed by atoms with Crippen molar-refractivity contribution < 1.29 is 8.42 Å². The zero-order valence-corrected chi connectivity index (χ0v) is 12.2. The van der Waals surface area contributed by atoms with E-state index in [0.29, 0.717) is 11.4 Å². The van der Waals surface area contributed by atoms with Crippen molar-refractivity contribution in [1.29, 1.82) is 0 Å². The maximum Gasteiger partial charge on any atom is 0.180 e. The van der Waals surface area contributed by atoms with Crippen LogP contribution in [-0.4, -0.2) is 14.2 Å². The molecule has 3 rings (SSSR count). The van der Waals surface area contributed by atoms with Crippen molar-refractivity contribution in [3.63, 3.8) is 0 Å². The number of aryl methyl sites for hydroxylation is 1. The molecule has 0 fully saturated rings. The summed E-state index contributed by atoms with van der Waals surface area (Å²) in [7, 11) is -3.13. The zero-order valence-electron chi connectivity index (χ0n) is 11.3. The van der Waals surface area contributed by atoms with Gasteiger partial charge in [0.15, 0.2) is 9.84 Å². The molecule has 1 aliphatic heterocycles. The molecule has 0 saturated heterocycles. The van der Waals surface area contributed by atoms with Gasteiger partial charge in [0.1, 0.15) is 0 Å². The minimum atomic E-state index is -3.13. The topological polar surface area (TPSA) is 46.2 Å². The van der Waals surface area contributed by atoms with Gasteiger partial charge in [0.2, 0.25) is 0 Å². The summed E-state index contributed by atoms with van der Waals surface area (Å²) in [4.78, 5) is 0.474. The molecule has 0 saturated carbocycles. The number of hydrogen-bond donors (Lipinski definition) is 1. The van der Waals surface area contributed by atoms with E-state index in [1.807, 2.05) is 24.3 Å². The second-order valence-electron chi connectivity index (χ2n) is 5.18. The predicted octanol–water partition coefficient (Wildman–Crippen LogP) is 2.61. The molecular formula is C16H17NO2S. The van der Waals surface area contributed by atoms with Crippen molar-refractivity contribution in [2.75, 3.05) is 5.75 Å². The van der Waals surface area contributed by atoms with Crippen molar-refractivity contribution in [3.8, 4) is 0 Å². The van der Waals surface area contributed by atoms with E-state index in [1.165, 1.54) is 11.1 Å². The number of nitrogens with one attached hydrogen (secondary N) is 1. The number of benzene rings is 2. The lowest BCUT2D eigenvalue weighted by atomic mass is 10.1. The molecule has 1 heterocycles. The predicted molar refractivity (Wildman–Crippen MR) is 79.3 cm³/mol. The fourth-order valence-electron chi connectivity index (χ4n) is 2.66. The van der Waals surface area contributed by atoms with Crippen molar-refractivity contribution in [1.82, 2.24) is 5.32 Å². The van der Waals surface area contributed by atoms with Crippen LogP contribution in [0.5, 0.6) is 0 Å². The summed E-state index contributed by atoms with van der Waals surface area (Å²) in [5, 5.41) is 3.37. The first-order valence-corrected chi connectivity index (χ1v) is 8.33. The van der Waals surface area contributed by atoms with E-state index in [1.54, 1.807) is 12.1 Å². The molecule has 2 aromatic rings. The number of sulfone groups is 1. The van der Waals surface area contributed by atoms with Crippen molar-refractivity contribution in [3.05, 3.63) is 65.2 Å². The Labute approximate surface area is 119 Å². The zero-order chi connectivity index (χ0) is 14.2. The molecule has 0 amide bonds. The molecule has 0 radical (unpaired) electrons. The Morgan fingerprint density at radius 2 is 1.80 bits per heavy atom. The average Bonchev–Trinajstić information content (AvgIpc) is 2.70. The molecular weight excluding hydrogens is 270 g/mol. The van der Waals surface area contributed by atoms with Crippen molar-refractivity contribution in [2.24, 2.45) is 0 Å². The fourth-order valence-corrected chi connectivity index (χ4v) is 4.43. The first-order valence-electron chi connectivity index (χ1n) is 6.67. The molecule has 1 unspecified atom stereocenters. The summed E-state index contributed by atoms with van der Waals surface area (Å²) < 4.78 is 24.2. The highest BCUT2D eigenvalue weighted by molar-refractivity contribution is 7.91.